The zero-order chi connectivity index (χ0) is 15.3. The third-order valence-electron chi connectivity index (χ3n) is 8.57. The number of ketones is 1. The van der Waals surface area contributed by atoms with Crippen molar-refractivity contribution < 1.29 is 15.0 Å². The van der Waals surface area contributed by atoms with Gasteiger partial charge in [0.15, 0.2) is 11.5 Å². The van der Waals surface area contributed by atoms with Gasteiger partial charge >= 0.3 is 0 Å². The van der Waals surface area contributed by atoms with E-state index < -0.39 is 0 Å². The van der Waals surface area contributed by atoms with E-state index >= 15 is 0 Å². The molecular weight excluding hydrogens is 276 g/mol. The second-order valence-corrected chi connectivity index (χ2v) is 8.90. The highest BCUT2D eigenvalue weighted by Crippen LogP contribution is 2.81. The smallest absolute Gasteiger partial charge is 0.197 e. The molecule has 5 aliphatic carbocycles. The zero-order valence-corrected chi connectivity index (χ0v) is 13.3. The highest BCUT2D eigenvalue weighted by molar-refractivity contribution is 5.94. The maximum absolute atomic E-state index is 11.8. The molecule has 5 aliphatic rings. The summed E-state index contributed by atoms with van der Waals surface area (Å²) >= 11 is 0. The fourth-order valence-electron chi connectivity index (χ4n) is 7.48. The lowest BCUT2D eigenvalue weighted by Crippen LogP contribution is -2.50. The first kappa shape index (κ1) is 13.6. The summed E-state index contributed by atoms with van der Waals surface area (Å²) in [4.78, 5) is 11.8. The molecule has 3 heteroatoms. The van der Waals surface area contributed by atoms with E-state index in [0.717, 1.165) is 43.6 Å². The van der Waals surface area contributed by atoms with Gasteiger partial charge in [-0.25, -0.2) is 0 Å². The first-order valence-electron chi connectivity index (χ1n) is 9.12. The summed E-state index contributed by atoms with van der Waals surface area (Å²) in [6.07, 6.45) is 8.02. The molecule has 0 aromatic heterocycles. The van der Waals surface area contributed by atoms with Crippen molar-refractivity contribution in [2.24, 2.45) is 34.5 Å². The third-order valence-corrected chi connectivity index (χ3v) is 8.57. The van der Waals surface area contributed by atoms with Gasteiger partial charge in [-0.2, -0.15) is 0 Å². The normalized spacial score (nSPS) is 56.1. The molecule has 0 saturated heterocycles. The van der Waals surface area contributed by atoms with Crippen LogP contribution in [0.4, 0.5) is 0 Å². The summed E-state index contributed by atoms with van der Waals surface area (Å²) in [5.74, 6) is 2.60. The second kappa shape index (κ2) is 3.98. The first-order valence-corrected chi connectivity index (χ1v) is 9.12. The molecule has 2 N–H and O–H groups in total. The van der Waals surface area contributed by atoms with Gasteiger partial charge in [-0.15, -0.1) is 0 Å². The minimum Gasteiger partial charge on any atom is -0.504 e. The van der Waals surface area contributed by atoms with E-state index in [4.69, 9.17) is 0 Å². The number of Topliss-reactive ketones (excluding diaryl/α,β-unsaturated/α-hetero) is 1. The van der Waals surface area contributed by atoms with E-state index in [9.17, 15) is 15.0 Å². The number of fused-ring (bicyclic) bond motifs is 3. The Morgan fingerprint density at radius 1 is 1.18 bits per heavy atom. The van der Waals surface area contributed by atoms with Crippen LogP contribution < -0.4 is 0 Å². The van der Waals surface area contributed by atoms with Crippen LogP contribution in [0.25, 0.3) is 0 Å². The van der Waals surface area contributed by atoms with E-state index in [1.807, 2.05) is 0 Å². The molecule has 3 unspecified atom stereocenters. The molecule has 3 nitrogen and oxygen atoms in total. The Balaban J connectivity index is 1.54. The number of hydrogen-bond donors (Lipinski definition) is 2. The average Bonchev–Trinajstić information content (AvgIpc) is 3.16. The van der Waals surface area contributed by atoms with Crippen LogP contribution in [0.3, 0.4) is 0 Å². The van der Waals surface area contributed by atoms with Gasteiger partial charge in [-0.3, -0.25) is 4.79 Å². The predicted octanol–water partition coefficient (Wildman–Crippen LogP) is 3.37. The van der Waals surface area contributed by atoms with Crippen molar-refractivity contribution in [1.29, 1.82) is 0 Å². The monoisotopic (exact) mass is 302 g/mol. The van der Waals surface area contributed by atoms with Crippen LogP contribution in [0.15, 0.2) is 11.3 Å². The van der Waals surface area contributed by atoms with E-state index in [-0.39, 0.29) is 23.1 Å². The fraction of sp³-hybridized carbons (Fsp3) is 0.842. The van der Waals surface area contributed by atoms with Gasteiger partial charge in [0.25, 0.3) is 0 Å². The van der Waals surface area contributed by atoms with Crippen molar-refractivity contribution in [2.45, 2.75) is 64.4 Å². The van der Waals surface area contributed by atoms with Crippen molar-refractivity contribution in [2.75, 3.05) is 0 Å². The van der Waals surface area contributed by atoms with Gasteiger partial charge in [-0.05, 0) is 85.0 Å². The molecule has 4 fully saturated rings. The van der Waals surface area contributed by atoms with E-state index in [2.05, 4.69) is 6.92 Å². The van der Waals surface area contributed by atoms with E-state index in [1.165, 1.54) is 12.8 Å². The summed E-state index contributed by atoms with van der Waals surface area (Å²) in [6, 6.07) is 0. The Bertz CT molecular complexity index is 593. The van der Waals surface area contributed by atoms with Gasteiger partial charge < -0.3 is 10.2 Å². The molecule has 120 valence electrons. The summed E-state index contributed by atoms with van der Waals surface area (Å²) in [7, 11) is 0. The van der Waals surface area contributed by atoms with Gasteiger partial charge in [0, 0.05) is 6.42 Å². The van der Waals surface area contributed by atoms with Crippen molar-refractivity contribution in [3.63, 3.8) is 0 Å². The SMILES string of the molecule is C[C@]12CCC3C4CCC(=O)C(O)=C4CCC3[C@@]13C[C@H]3C[C@@H]2O. The Kier molecular flexibility index (Phi) is 2.46. The predicted molar refractivity (Wildman–Crippen MR) is 82.1 cm³/mol. The molecule has 0 bridgehead atoms. The molecular formula is C19H26O3. The quantitative estimate of drug-likeness (QED) is 0.721. The highest BCUT2D eigenvalue weighted by Gasteiger charge is 2.77. The maximum Gasteiger partial charge on any atom is 0.197 e. The Morgan fingerprint density at radius 3 is 2.82 bits per heavy atom. The lowest BCUT2D eigenvalue weighted by molar-refractivity contribution is -0.120. The molecule has 4 saturated carbocycles. The lowest BCUT2D eigenvalue weighted by Gasteiger charge is -2.55. The molecule has 5 rings (SSSR count). The first-order chi connectivity index (χ1) is 10.5. The fourth-order valence-corrected chi connectivity index (χ4v) is 7.48. The van der Waals surface area contributed by atoms with Gasteiger partial charge in [0.05, 0.1) is 6.10 Å². The summed E-state index contributed by atoms with van der Waals surface area (Å²) in [5, 5.41) is 20.8. The standard InChI is InChI=1S/C19H26O3/c1-18-7-6-12-11-3-5-15(20)17(22)13(11)2-4-14(12)19(18)9-10(19)8-16(18)21/h10-12,14,16,21-22H,2-9H2,1H3/t10-,11?,12?,14?,16+,18-,19+/m1/s1. The van der Waals surface area contributed by atoms with Crippen LogP contribution in [0, 0.1) is 34.5 Å². The number of allylic oxidation sites excluding steroid dienone is 1. The summed E-state index contributed by atoms with van der Waals surface area (Å²) in [5.41, 5.74) is 1.60. The minimum atomic E-state index is -0.106. The average molecular weight is 302 g/mol. The van der Waals surface area contributed by atoms with Crippen molar-refractivity contribution in [1.82, 2.24) is 0 Å². The largest absolute Gasteiger partial charge is 0.504 e. The molecule has 0 aromatic carbocycles. The molecule has 0 radical (unpaired) electrons. The molecule has 0 amide bonds. The molecule has 7 atom stereocenters. The number of aliphatic hydroxyl groups is 2. The van der Waals surface area contributed by atoms with Crippen LogP contribution in [0.2, 0.25) is 0 Å². The number of rotatable bonds is 0. The van der Waals surface area contributed by atoms with E-state index in [0.29, 0.717) is 29.6 Å². The van der Waals surface area contributed by atoms with Crippen LogP contribution in [0.1, 0.15) is 58.3 Å². The molecule has 22 heavy (non-hydrogen) atoms. The zero-order valence-electron chi connectivity index (χ0n) is 13.3. The number of aliphatic hydroxyl groups excluding tert-OH is 2. The van der Waals surface area contributed by atoms with Gasteiger partial charge in [0.1, 0.15) is 0 Å². The van der Waals surface area contributed by atoms with Gasteiger partial charge in [0.2, 0.25) is 0 Å². The Morgan fingerprint density at radius 2 is 2.00 bits per heavy atom. The third kappa shape index (κ3) is 1.32. The molecule has 1 spiro atoms. The van der Waals surface area contributed by atoms with Crippen molar-refractivity contribution >= 4 is 5.78 Å². The molecule has 0 aliphatic heterocycles. The number of hydrogen-bond acceptors (Lipinski definition) is 3. The van der Waals surface area contributed by atoms with Crippen molar-refractivity contribution in [3.8, 4) is 0 Å². The number of carbonyl (C=O) groups excluding carboxylic acids is 1. The topological polar surface area (TPSA) is 57.5 Å². The summed E-state index contributed by atoms with van der Waals surface area (Å²) in [6.45, 7) is 2.34. The van der Waals surface area contributed by atoms with Crippen LogP contribution >= 0.6 is 0 Å². The van der Waals surface area contributed by atoms with Crippen molar-refractivity contribution in [3.05, 3.63) is 11.3 Å². The van der Waals surface area contributed by atoms with Crippen LogP contribution in [-0.2, 0) is 4.79 Å². The van der Waals surface area contributed by atoms with Crippen LogP contribution in [0.5, 0.6) is 0 Å². The second-order valence-electron chi connectivity index (χ2n) is 8.90. The minimum absolute atomic E-state index is 0.0379. The lowest BCUT2D eigenvalue weighted by atomic mass is 9.49. The maximum atomic E-state index is 11.8. The Hall–Kier alpha value is -0.830. The number of carbonyl (C=O) groups is 1. The summed E-state index contributed by atoms with van der Waals surface area (Å²) < 4.78 is 0. The Labute approximate surface area is 131 Å². The van der Waals surface area contributed by atoms with E-state index in [1.54, 1.807) is 0 Å². The van der Waals surface area contributed by atoms with Gasteiger partial charge in [-0.1, -0.05) is 6.92 Å². The molecule has 0 heterocycles. The van der Waals surface area contributed by atoms with Crippen LogP contribution in [-0.4, -0.2) is 22.1 Å². The highest BCUT2D eigenvalue weighted by atomic mass is 16.3. The molecule has 0 aromatic rings.